The van der Waals surface area contributed by atoms with Gasteiger partial charge in [0.05, 0.1) is 0 Å². The average molecular weight is 809 g/mol. The molecule has 0 N–H and O–H groups in total. The van der Waals surface area contributed by atoms with Crippen molar-refractivity contribution in [3.8, 4) is 17.2 Å². The molecule has 0 heterocycles. The van der Waals surface area contributed by atoms with Crippen molar-refractivity contribution >= 4 is 11.6 Å². The molecule has 10 heteroatoms. The minimum absolute atomic E-state index is 0.00881. The van der Waals surface area contributed by atoms with Gasteiger partial charge in [-0.1, -0.05) is 123 Å². The molecule has 304 valence electrons. The highest BCUT2D eigenvalue weighted by molar-refractivity contribution is 6.09. The van der Waals surface area contributed by atoms with Crippen LogP contribution >= 0.6 is 0 Å². The predicted molar refractivity (Wildman–Crippen MR) is 216 cm³/mol. The second-order valence-electron chi connectivity index (χ2n) is 15.1. The Labute approximate surface area is 339 Å². The number of ether oxygens (including phenoxy) is 2. The number of aryl methyl sites for hydroxylation is 1. The SMILES string of the molecule is CCC(C)(C)c1ccc(C(=O)c2ccc(Oc3ccc(C(c4ccc(OC(C)c5ccc(C(=O)c6ccc(C)cc6)cc5)cc4)(C(F)(F)F)C(F)(F)F)cc3)cc2)cc1. The van der Waals surface area contributed by atoms with Gasteiger partial charge in [-0.2, -0.15) is 26.3 Å². The lowest BCUT2D eigenvalue weighted by Gasteiger charge is -2.38. The summed E-state index contributed by atoms with van der Waals surface area (Å²) in [7, 11) is 0. The van der Waals surface area contributed by atoms with Crippen molar-refractivity contribution in [1.29, 1.82) is 0 Å². The quantitative estimate of drug-likeness (QED) is 0.0861. The molecule has 0 aliphatic heterocycles. The molecule has 1 atom stereocenters. The standard InChI is InChI=1S/C49H42F6O4/c1-6-46(4,5)38-19-15-36(16-20-38)45(57)37-17-25-42(26-18-37)59-43-29-23-40(24-30-43)47(48(50,51)52,49(53,54)55)39-21-27-41(28-22-39)58-32(3)33-11-13-35(14-12-33)44(56)34-9-7-31(2)8-10-34/h7-30,32H,6H2,1-5H3. The maximum atomic E-state index is 14.9. The van der Waals surface area contributed by atoms with Crippen LogP contribution in [0.15, 0.2) is 146 Å². The molecule has 0 saturated heterocycles. The van der Waals surface area contributed by atoms with Crippen LogP contribution in [0.5, 0.6) is 17.2 Å². The minimum atomic E-state index is -5.80. The van der Waals surface area contributed by atoms with E-state index >= 15 is 0 Å². The zero-order valence-electron chi connectivity index (χ0n) is 33.0. The summed E-state index contributed by atoms with van der Waals surface area (Å²) in [4.78, 5) is 26.0. The van der Waals surface area contributed by atoms with Crippen LogP contribution in [0.3, 0.4) is 0 Å². The van der Waals surface area contributed by atoms with Gasteiger partial charge in [0.1, 0.15) is 23.4 Å². The molecule has 4 nitrogen and oxygen atoms in total. The van der Waals surface area contributed by atoms with Crippen molar-refractivity contribution in [2.24, 2.45) is 0 Å². The van der Waals surface area contributed by atoms with Gasteiger partial charge in [-0.25, -0.2) is 0 Å². The third-order valence-electron chi connectivity index (χ3n) is 10.9. The van der Waals surface area contributed by atoms with Crippen LogP contribution in [0.25, 0.3) is 0 Å². The number of ketones is 2. The number of carbonyl (C=O) groups is 2. The van der Waals surface area contributed by atoms with E-state index in [-0.39, 0.29) is 34.2 Å². The predicted octanol–water partition coefficient (Wildman–Crippen LogP) is 13.5. The fourth-order valence-electron chi connectivity index (χ4n) is 6.84. The van der Waals surface area contributed by atoms with Gasteiger partial charge in [0.2, 0.25) is 5.41 Å². The van der Waals surface area contributed by atoms with Gasteiger partial charge in [0.15, 0.2) is 11.6 Å². The Morgan fingerprint density at radius 3 is 1.25 bits per heavy atom. The van der Waals surface area contributed by atoms with Gasteiger partial charge in [0.25, 0.3) is 0 Å². The monoisotopic (exact) mass is 808 g/mol. The van der Waals surface area contributed by atoms with E-state index in [2.05, 4.69) is 20.8 Å². The van der Waals surface area contributed by atoms with E-state index in [0.717, 1.165) is 66.1 Å². The normalized spacial score (nSPS) is 12.8. The van der Waals surface area contributed by atoms with Crippen LogP contribution in [-0.2, 0) is 10.8 Å². The molecule has 0 bridgehead atoms. The highest BCUT2D eigenvalue weighted by Gasteiger charge is 2.72. The van der Waals surface area contributed by atoms with Crippen molar-refractivity contribution in [3.05, 3.63) is 196 Å². The molecule has 6 aromatic carbocycles. The van der Waals surface area contributed by atoms with Gasteiger partial charge in [-0.05, 0) is 96.5 Å². The summed E-state index contributed by atoms with van der Waals surface area (Å²) in [6.45, 7) is 9.93. The molecule has 0 radical (unpaired) electrons. The number of carbonyl (C=O) groups excluding carboxylic acids is 2. The second kappa shape index (κ2) is 16.6. The average Bonchev–Trinajstić information content (AvgIpc) is 3.21. The smallest absolute Gasteiger partial charge is 0.411 e. The minimum Gasteiger partial charge on any atom is -0.486 e. The number of rotatable bonds is 13. The van der Waals surface area contributed by atoms with Gasteiger partial charge in [-0.3, -0.25) is 9.59 Å². The molecule has 0 amide bonds. The lowest BCUT2D eigenvalue weighted by atomic mass is 9.73. The lowest BCUT2D eigenvalue weighted by molar-refractivity contribution is -0.288. The van der Waals surface area contributed by atoms with Crippen LogP contribution in [0.1, 0.15) is 99.9 Å². The molecule has 6 aromatic rings. The molecule has 59 heavy (non-hydrogen) atoms. The third-order valence-corrected chi connectivity index (χ3v) is 10.9. The fraction of sp³-hybridized carbons (Fsp3) is 0.224. The van der Waals surface area contributed by atoms with Crippen molar-refractivity contribution < 1.29 is 45.4 Å². The summed E-state index contributed by atoms with van der Waals surface area (Å²) < 4.78 is 101. The Morgan fingerprint density at radius 1 is 0.508 bits per heavy atom. The molecule has 0 fully saturated rings. The first kappa shape index (κ1) is 42.4. The molecule has 0 aliphatic carbocycles. The van der Waals surface area contributed by atoms with Crippen LogP contribution in [0.2, 0.25) is 0 Å². The van der Waals surface area contributed by atoms with E-state index in [4.69, 9.17) is 9.47 Å². The van der Waals surface area contributed by atoms with Crippen molar-refractivity contribution in [3.63, 3.8) is 0 Å². The highest BCUT2D eigenvalue weighted by Crippen LogP contribution is 2.56. The van der Waals surface area contributed by atoms with Crippen molar-refractivity contribution in [2.45, 2.75) is 70.3 Å². The fourth-order valence-corrected chi connectivity index (χ4v) is 6.84. The zero-order valence-corrected chi connectivity index (χ0v) is 33.0. The van der Waals surface area contributed by atoms with E-state index in [0.29, 0.717) is 27.8 Å². The summed E-state index contributed by atoms with van der Waals surface area (Å²) in [5, 5.41) is 0. The van der Waals surface area contributed by atoms with E-state index in [1.54, 1.807) is 55.5 Å². The van der Waals surface area contributed by atoms with Crippen LogP contribution in [-0.4, -0.2) is 23.9 Å². The largest absolute Gasteiger partial charge is 0.486 e. The number of halogens is 6. The summed E-state index contributed by atoms with van der Waals surface area (Å²) >= 11 is 0. The summed E-state index contributed by atoms with van der Waals surface area (Å²) in [5.41, 5.74) is -1.92. The van der Waals surface area contributed by atoms with Crippen LogP contribution < -0.4 is 9.47 Å². The van der Waals surface area contributed by atoms with Gasteiger partial charge < -0.3 is 9.47 Å². The first-order chi connectivity index (χ1) is 27.8. The van der Waals surface area contributed by atoms with Crippen molar-refractivity contribution in [2.75, 3.05) is 0 Å². The highest BCUT2D eigenvalue weighted by atomic mass is 19.4. The van der Waals surface area contributed by atoms with E-state index in [1.807, 2.05) is 31.2 Å². The van der Waals surface area contributed by atoms with Gasteiger partial charge in [0, 0.05) is 22.3 Å². The Morgan fingerprint density at radius 2 is 0.847 bits per heavy atom. The number of hydrogen-bond acceptors (Lipinski definition) is 4. The molecular formula is C49H42F6O4. The topological polar surface area (TPSA) is 52.6 Å². The van der Waals surface area contributed by atoms with E-state index in [9.17, 15) is 35.9 Å². The van der Waals surface area contributed by atoms with E-state index in [1.165, 1.54) is 24.3 Å². The maximum absolute atomic E-state index is 14.9. The number of benzene rings is 6. The maximum Gasteiger partial charge on any atom is 0.411 e. The Bertz CT molecular complexity index is 2360. The van der Waals surface area contributed by atoms with Crippen molar-refractivity contribution in [1.82, 2.24) is 0 Å². The summed E-state index contributed by atoms with van der Waals surface area (Å²) in [6.07, 6.45) is -11.3. The molecule has 0 saturated carbocycles. The summed E-state index contributed by atoms with van der Waals surface area (Å²) in [6, 6.07) is 34.5. The van der Waals surface area contributed by atoms with E-state index < -0.39 is 35.0 Å². The first-order valence-electron chi connectivity index (χ1n) is 19.0. The first-order valence-corrected chi connectivity index (χ1v) is 19.0. The second-order valence-corrected chi connectivity index (χ2v) is 15.1. The van der Waals surface area contributed by atoms with Crippen LogP contribution in [0.4, 0.5) is 26.3 Å². The number of alkyl halides is 6. The molecule has 0 aromatic heterocycles. The Hall–Kier alpha value is -6.16. The Kier molecular flexibility index (Phi) is 11.9. The Balaban J connectivity index is 1.17. The molecule has 0 spiro atoms. The van der Waals surface area contributed by atoms with Crippen LogP contribution in [0, 0.1) is 6.92 Å². The van der Waals surface area contributed by atoms with Gasteiger partial charge in [-0.15, -0.1) is 0 Å². The zero-order chi connectivity index (χ0) is 42.8. The lowest BCUT2D eigenvalue weighted by Crippen LogP contribution is -2.54. The molecule has 0 aliphatic rings. The third kappa shape index (κ3) is 8.82. The number of hydrogen-bond donors (Lipinski definition) is 0. The van der Waals surface area contributed by atoms with Gasteiger partial charge >= 0.3 is 12.4 Å². The summed E-state index contributed by atoms with van der Waals surface area (Å²) in [5.74, 6) is -0.127. The molecule has 6 rings (SSSR count). The molecule has 1 unspecified atom stereocenters. The molecular weight excluding hydrogens is 767 g/mol.